The van der Waals surface area contributed by atoms with E-state index in [9.17, 15) is 13.2 Å². The molecule has 0 aliphatic carbocycles. The quantitative estimate of drug-likeness (QED) is 0.647. The van der Waals surface area contributed by atoms with E-state index in [1.54, 1.807) is 32.0 Å². The maximum absolute atomic E-state index is 11.0. The molecule has 6 nitrogen and oxygen atoms in total. The van der Waals surface area contributed by atoms with E-state index in [4.69, 9.17) is 15.0 Å². The largest absolute Gasteiger partial charge is 0.460 e. The van der Waals surface area contributed by atoms with Crippen LogP contribution in [0.2, 0.25) is 0 Å². The molecule has 0 bridgehead atoms. The predicted molar refractivity (Wildman–Crippen MR) is 90.9 cm³/mol. The summed E-state index contributed by atoms with van der Waals surface area (Å²) in [5.41, 5.74) is 6.85. The molecule has 0 aromatic heterocycles. The lowest BCUT2D eigenvalue weighted by molar-refractivity contribution is -0.146. The molecular weight excluding hydrogens is 330 g/mol. The monoisotopic (exact) mass is 351 g/mol. The fraction of sp³-hybridized carbons (Fsp3) is 0.235. The summed E-state index contributed by atoms with van der Waals surface area (Å²) in [5.74, 6) is -0.371. The average Bonchev–Trinajstić information content (AvgIpc) is 2.53. The number of nitrogens with two attached hydrogens (primary N) is 1. The highest BCUT2D eigenvalue weighted by Crippen LogP contribution is 2.12. The molecule has 2 aromatic carbocycles. The topological polar surface area (TPSA) is 107 Å². The molecule has 0 aliphatic rings. The van der Waals surface area contributed by atoms with Gasteiger partial charge in [0, 0.05) is 0 Å². The average molecular weight is 351 g/mol. The normalized spacial score (nSPS) is 11.8. The molecule has 0 spiro atoms. The van der Waals surface area contributed by atoms with Crippen LogP contribution in [0.15, 0.2) is 59.5 Å². The van der Waals surface area contributed by atoms with Gasteiger partial charge in [-0.05, 0) is 31.0 Å². The molecule has 0 aliphatic heterocycles. The summed E-state index contributed by atoms with van der Waals surface area (Å²) in [6, 6.07) is 15.2. The van der Waals surface area contributed by atoms with Crippen LogP contribution in [-0.2, 0) is 26.3 Å². The van der Waals surface area contributed by atoms with Gasteiger partial charge in [0.15, 0.2) is 0 Å². The van der Waals surface area contributed by atoms with Crippen molar-refractivity contribution < 1.29 is 22.5 Å². The van der Waals surface area contributed by atoms with Gasteiger partial charge in [-0.25, -0.2) is 0 Å². The third kappa shape index (κ3) is 6.91. The van der Waals surface area contributed by atoms with Crippen molar-refractivity contribution in [2.24, 2.45) is 5.73 Å². The number of benzene rings is 2. The molecule has 2 aromatic rings. The SMILES string of the molecule is C[C@H](N)C(=O)OCc1ccccc1.Cc1ccccc1S(=O)(=O)O. The van der Waals surface area contributed by atoms with Gasteiger partial charge in [0.1, 0.15) is 12.6 Å². The van der Waals surface area contributed by atoms with Crippen LogP contribution < -0.4 is 5.73 Å². The Labute approximate surface area is 142 Å². The van der Waals surface area contributed by atoms with Crippen LogP contribution >= 0.6 is 0 Å². The van der Waals surface area contributed by atoms with Gasteiger partial charge in [-0.2, -0.15) is 8.42 Å². The fourth-order valence-electron chi connectivity index (χ4n) is 1.71. The first-order chi connectivity index (χ1) is 11.2. The molecule has 0 unspecified atom stereocenters. The van der Waals surface area contributed by atoms with Crippen molar-refractivity contribution in [2.75, 3.05) is 0 Å². The highest BCUT2D eigenvalue weighted by Gasteiger charge is 2.10. The van der Waals surface area contributed by atoms with Gasteiger partial charge >= 0.3 is 5.97 Å². The Kier molecular flexibility index (Phi) is 7.57. The number of rotatable bonds is 4. The summed E-state index contributed by atoms with van der Waals surface area (Å²) in [4.78, 5) is 10.9. The van der Waals surface area contributed by atoms with Crippen LogP contribution in [0.3, 0.4) is 0 Å². The summed E-state index contributed by atoms with van der Waals surface area (Å²) in [6.45, 7) is 3.53. The molecule has 0 saturated carbocycles. The van der Waals surface area contributed by atoms with Crippen molar-refractivity contribution in [1.82, 2.24) is 0 Å². The van der Waals surface area contributed by atoms with Gasteiger partial charge in [0.2, 0.25) is 0 Å². The van der Waals surface area contributed by atoms with Crippen molar-refractivity contribution in [3.05, 3.63) is 65.7 Å². The molecule has 24 heavy (non-hydrogen) atoms. The van der Waals surface area contributed by atoms with E-state index in [0.717, 1.165) is 5.56 Å². The Morgan fingerprint density at radius 2 is 1.67 bits per heavy atom. The molecule has 0 saturated heterocycles. The van der Waals surface area contributed by atoms with E-state index < -0.39 is 16.2 Å². The number of esters is 1. The highest BCUT2D eigenvalue weighted by molar-refractivity contribution is 7.85. The number of carbonyl (C=O) groups is 1. The second-order valence-electron chi connectivity index (χ2n) is 5.12. The maximum Gasteiger partial charge on any atom is 0.322 e. The van der Waals surface area contributed by atoms with E-state index >= 15 is 0 Å². The minimum absolute atomic E-state index is 0.0278. The van der Waals surface area contributed by atoms with Crippen molar-refractivity contribution >= 4 is 16.1 Å². The summed E-state index contributed by atoms with van der Waals surface area (Å²) in [5, 5.41) is 0. The van der Waals surface area contributed by atoms with Crippen LogP contribution in [0.5, 0.6) is 0 Å². The highest BCUT2D eigenvalue weighted by atomic mass is 32.2. The minimum Gasteiger partial charge on any atom is -0.460 e. The number of carbonyl (C=O) groups excluding carboxylic acids is 1. The number of hydrogen-bond acceptors (Lipinski definition) is 5. The Hall–Kier alpha value is -2.22. The number of hydrogen-bond donors (Lipinski definition) is 2. The van der Waals surface area contributed by atoms with Gasteiger partial charge in [0.05, 0.1) is 4.90 Å². The van der Waals surface area contributed by atoms with Crippen molar-refractivity contribution in [3.8, 4) is 0 Å². The number of ether oxygens (including phenoxy) is 1. The Morgan fingerprint density at radius 1 is 1.12 bits per heavy atom. The molecule has 1 atom stereocenters. The van der Waals surface area contributed by atoms with Gasteiger partial charge in [-0.1, -0.05) is 48.5 Å². The molecule has 2 rings (SSSR count). The van der Waals surface area contributed by atoms with Crippen molar-refractivity contribution in [3.63, 3.8) is 0 Å². The van der Waals surface area contributed by atoms with Crippen LogP contribution in [0.1, 0.15) is 18.1 Å². The smallest absolute Gasteiger partial charge is 0.322 e. The molecule has 130 valence electrons. The van der Waals surface area contributed by atoms with Crippen molar-refractivity contribution in [2.45, 2.75) is 31.4 Å². The zero-order chi connectivity index (χ0) is 18.2. The lowest BCUT2D eigenvalue weighted by Crippen LogP contribution is -2.28. The molecule has 0 heterocycles. The van der Waals surface area contributed by atoms with E-state index in [2.05, 4.69) is 0 Å². The molecular formula is C17H21NO5S. The van der Waals surface area contributed by atoms with Gasteiger partial charge in [0.25, 0.3) is 10.1 Å². The van der Waals surface area contributed by atoms with Gasteiger partial charge in [-0.3, -0.25) is 9.35 Å². The number of aryl methyl sites for hydroxylation is 1. The first-order valence-corrected chi connectivity index (χ1v) is 8.65. The van der Waals surface area contributed by atoms with Gasteiger partial charge in [-0.15, -0.1) is 0 Å². The summed E-state index contributed by atoms with van der Waals surface area (Å²) in [6.07, 6.45) is 0. The lowest BCUT2D eigenvalue weighted by Gasteiger charge is -2.06. The molecule has 0 amide bonds. The van der Waals surface area contributed by atoms with Crippen LogP contribution in [0, 0.1) is 6.92 Å². The third-order valence-corrected chi connectivity index (χ3v) is 3.98. The third-order valence-electron chi connectivity index (χ3n) is 2.97. The lowest BCUT2D eigenvalue weighted by atomic mass is 10.2. The summed E-state index contributed by atoms with van der Waals surface area (Å²) in [7, 11) is -4.03. The predicted octanol–water partition coefficient (Wildman–Crippen LogP) is 2.32. The molecule has 7 heteroatoms. The fourth-order valence-corrected chi connectivity index (χ4v) is 2.43. The minimum atomic E-state index is -4.03. The van der Waals surface area contributed by atoms with Crippen molar-refractivity contribution in [1.29, 1.82) is 0 Å². The Bertz CT molecular complexity index is 758. The first-order valence-electron chi connectivity index (χ1n) is 7.21. The molecule has 0 fully saturated rings. The van der Waals surface area contributed by atoms with E-state index in [-0.39, 0.29) is 10.9 Å². The maximum atomic E-state index is 11.0. The second kappa shape index (κ2) is 9.17. The zero-order valence-electron chi connectivity index (χ0n) is 13.5. The standard InChI is InChI=1S/C10H13NO2.C7H8O3S/c1-8(11)10(12)13-7-9-5-3-2-4-6-9;1-6-4-2-3-5-7(6)11(8,9)10/h2-6,8H,7,11H2,1H3;2-5H,1H3,(H,8,9,10)/t8-;/m0./s1. The van der Waals surface area contributed by atoms with E-state index in [0.29, 0.717) is 12.2 Å². The van der Waals surface area contributed by atoms with E-state index in [1.165, 1.54) is 6.07 Å². The second-order valence-corrected chi connectivity index (χ2v) is 6.51. The zero-order valence-corrected chi connectivity index (χ0v) is 14.4. The van der Waals surface area contributed by atoms with E-state index in [1.807, 2.05) is 30.3 Å². The first kappa shape index (κ1) is 19.8. The Balaban J connectivity index is 0.000000243. The van der Waals surface area contributed by atoms with Gasteiger partial charge < -0.3 is 10.5 Å². The van der Waals surface area contributed by atoms with Crippen LogP contribution in [-0.4, -0.2) is 25.0 Å². The molecule has 0 radical (unpaired) electrons. The Morgan fingerprint density at radius 3 is 2.12 bits per heavy atom. The van der Waals surface area contributed by atoms with Crippen LogP contribution in [0.4, 0.5) is 0 Å². The van der Waals surface area contributed by atoms with Crippen LogP contribution in [0.25, 0.3) is 0 Å². The summed E-state index contributed by atoms with van der Waals surface area (Å²) >= 11 is 0. The molecule has 3 N–H and O–H groups in total. The summed E-state index contributed by atoms with van der Waals surface area (Å²) < 4.78 is 34.8.